The molecule has 0 heterocycles. The summed E-state index contributed by atoms with van der Waals surface area (Å²) in [5, 5.41) is 17.4. The highest BCUT2D eigenvalue weighted by Crippen LogP contribution is 2.27. The second-order valence-electron chi connectivity index (χ2n) is 3.14. The molecule has 0 aromatic heterocycles. The third-order valence-corrected chi connectivity index (χ3v) is 2.17. The van der Waals surface area contributed by atoms with Gasteiger partial charge in [0.05, 0.1) is 18.7 Å². The van der Waals surface area contributed by atoms with Gasteiger partial charge in [-0.3, -0.25) is 0 Å². The van der Waals surface area contributed by atoms with Crippen LogP contribution in [0.5, 0.6) is 5.75 Å². The van der Waals surface area contributed by atoms with Gasteiger partial charge in [-0.15, -0.1) is 0 Å². The van der Waals surface area contributed by atoms with Gasteiger partial charge in [-0.2, -0.15) is 5.26 Å². The van der Waals surface area contributed by atoms with Crippen LogP contribution in [-0.2, 0) is 4.79 Å². The minimum atomic E-state index is -1.02. The Morgan fingerprint density at radius 1 is 1.56 bits per heavy atom. The molecule has 1 aromatic carbocycles. The first kappa shape index (κ1) is 11.8. The molecule has 0 amide bonds. The number of nitriles is 1. The van der Waals surface area contributed by atoms with Crippen LogP contribution in [0.15, 0.2) is 18.2 Å². The average Bonchev–Trinajstić information content (AvgIpc) is 2.26. The Bertz CT molecular complexity index is 484. The summed E-state index contributed by atoms with van der Waals surface area (Å²) in [6.07, 6.45) is 2.47. The molecular formula is C12H11NO3. The molecule has 0 saturated carbocycles. The lowest BCUT2D eigenvalue weighted by molar-refractivity contribution is -0.131. The first-order chi connectivity index (χ1) is 7.60. The number of aliphatic carboxylic acids is 1. The van der Waals surface area contributed by atoms with Gasteiger partial charge in [0.15, 0.2) is 0 Å². The van der Waals surface area contributed by atoms with Gasteiger partial charge in [-0.25, -0.2) is 4.79 Å². The first-order valence-electron chi connectivity index (χ1n) is 4.59. The van der Waals surface area contributed by atoms with Crippen molar-refractivity contribution in [2.45, 2.75) is 6.92 Å². The minimum absolute atomic E-state index is 0.518. The van der Waals surface area contributed by atoms with Crippen LogP contribution in [0.3, 0.4) is 0 Å². The van der Waals surface area contributed by atoms with E-state index in [-0.39, 0.29) is 0 Å². The summed E-state index contributed by atoms with van der Waals surface area (Å²) in [4.78, 5) is 10.4. The van der Waals surface area contributed by atoms with Gasteiger partial charge >= 0.3 is 5.97 Å². The van der Waals surface area contributed by atoms with Gasteiger partial charge in [-0.1, -0.05) is 0 Å². The van der Waals surface area contributed by atoms with Gasteiger partial charge < -0.3 is 9.84 Å². The van der Waals surface area contributed by atoms with E-state index in [0.717, 1.165) is 6.08 Å². The number of methoxy groups -OCH3 is 1. The number of benzene rings is 1. The largest absolute Gasteiger partial charge is 0.496 e. The summed E-state index contributed by atoms with van der Waals surface area (Å²) in [7, 11) is 1.49. The topological polar surface area (TPSA) is 70.3 Å². The molecule has 0 spiro atoms. The van der Waals surface area contributed by atoms with Crippen LogP contribution in [0, 0.1) is 18.3 Å². The van der Waals surface area contributed by atoms with Crippen molar-refractivity contribution in [3.63, 3.8) is 0 Å². The maximum atomic E-state index is 10.4. The Kier molecular flexibility index (Phi) is 3.67. The number of carbonyl (C=O) groups is 1. The van der Waals surface area contributed by atoms with Crippen molar-refractivity contribution < 1.29 is 14.6 Å². The number of hydrogen-bond donors (Lipinski definition) is 1. The van der Waals surface area contributed by atoms with Crippen molar-refractivity contribution in [3.05, 3.63) is 34.9 Å². The number of hydrogen-bond acceptors (Lipinski definition) is 3. The second-order valence-corrected chi connectivity index (χ2v) is 3.14. The zero-order valence-corrected chi connectivity index (χ0v) is 9.02. The van der Waals surface area contributed by atoms with Crippen molar-refractivity contribution in [2.75, 3.05) is 7.11 Å². The van der Waals surface area contributed by atoms with Crippen molar-refractivity contribution in [2.24, 2.45) is 0 Å². The second kappa shape index (κ2) is 4.99. The number of ether oxygens (including phenoxy) is 1. The summed E-state index contributed by atoms with van der Waals surface area (Å²) >= 11 is 0. The monoisotopic (exact) mass is 217 g/mol. The summed E-state index contributed by atoms with van der Waals surface area (Å²) < 4.78 is 5.16. The number of carboxylic acid groups (broad SMARTS) is 1. The molecule has 4 heteroatoms. The van der Waals surface area contributed by atoms with Crippen LogP contribution >= 0.6 is 0 Å². The molecule has 0 aliphatic heterocycles. The van der Waals surface area contributed by atoms with Gasteiger partial charge in [0.25, 0.3) is 0 Å². The van der Waals surface area contributed by atoms with E-state index in [9.17, 15) is 4.79 Å². The molecule has 1 aromatic rings. The lowest BCUT2D eigenvalue weighted by Crippen LogP contribution is -1.94. The van der Waals surface area contributed by atoms with E-state index in [0.29, 0.717) is 22.4 Å². The fraction of sp³-hybridized carbons (Fsp3) is 0.167. The summed E-state index contributed by atoms with van der Waals surface area (Å²) in [5.41, 5.74) is 1.86. The molecular weight excluding hydrogens is 206 g/mol. The summed E-state index contributed by atoms with van der Waals surface area (Å²) in [6.45, 7) is 1.76. The highest BCUT2D eigenvalue weighted by atomic mass is 16.5. The fourth-order valence-corrected chi connectivity index (χ4v) is 1.40. The first-order valence-corrected chi connectivity index (χ1v) is 4.59. The maximum absolute atomic E-state index is 10.4. The van der Waals surface area contributed by atoms with Crippen LogP contribution in [0.25, 0.3) is 6.08 Å². The molecule has 0 aliphatic rings. The molecule has 0 aliphatic carbocycles. The lowest BCUT2D eigenvalue weighted by atomic mass is 10.0. The van der Waals surface area contributed by atoms with Gasteiger partial charge in [0, 0.05) is 17.2 Å². The van der Waals surface area contributed by atoms with Crippen molar-refractivity contribution in [3.8, 4) is 11.8 Å². The molecule has 0 bridgehead atoms. The Balaban J connectivity index is 3.27. The highest BCUT2D eigenvalue weighted by Gasteiger charge is 2.08. The van der Waals surface area contributed by atoms with E-state index >= 15 is 0 Å². The van der Waals surface area contributed by atoms with Crippen molar-refractivity contribution in [1.29, 1.82) is 5.26 Å². The van der Waals surface area contributed by atoms with Crippen LogP contribution in [-0.4, -0.2) is 18.2 Å². The average molecular weight is 217 g/mol. The molecule has 82 valence electrons. The van der Waals surface area contributed by atoms with Gasteiger partial charge in [0.2, 0.25) is 0 Å². The standard InChI is InChI=1S/C12H11NO3/c1-8-10(7-13)4-3-9(12(8)16-2)5-6-11(14)15/h3-6H,1-2H3,(H,14,15)/b6-5+. The third kappa shape index (κ3) is 2.39. The van der Waals surface area contributed by atoms with E-state index in [4.69, 9.17) is 15.1 Å². The molecule has 0 unspecified atom stereocenters. The molecule has 1 N–H and O–H groups in total. The minimum Gasteiger partial charge on any atom is -0.496 e. The zero-order chi connectivity index (χ0) is 12.1. The molecule has 0 atom stereocenters. The van der Waals surface area contributed by atoms with Crippen LogP contribution < -0.4 is 4.74 Å². The third-order valence-electron chi connectivity index (χ3n) is 2.17. The molecule has 16 heavy (non-hydrogen) atoms. The van der Waals surface area contributed by atoms with Crippen LogP contribution in [0.1, 0.15) is 16.7 Å². The molecule has 0 fully saturated rings. The highest BCUT2D eigenvalue weighted by molar-refractivity contribution is 5.86. The molecule has 1 rings (SSSR count). The predicted molar refractivity (Wildman–Crippen MR) is 59.1 cm³/mol. The van der Waals surface area contributed by atoms with Crippen LogP contribution in [0.2, 0.25) is 0 Å². The lowest BCUT2D eigenvalue weighted by Gasteiger charge is -2.09. The van der Waals surface area contributed by atoms with E-state index in [1.54, 1.807) is 19.1 Å². The predicted octanol–water partition coefficient (Wildman–Crippen LogP) is 1.97. The quantitative estimate of drug-likeness (QED) is 0.786. The van der Waals surface area contributed by atoms with E-state index in [1.165, 1.54) is 13.2 Å². The number of carboxylic acids is 1. The zero-order valence-electron chi connectivity index (χ0n) is 9.02. The van der Waals surface area contributed by atoms with E-state index in [1.807, 2.05) is 6.07 Å². The molecule has 0 radical (unpaired) electrons. The van der Waals surface area contributed by atoms with Gasteiger partial charge in [0.1, 0.15) is 5.75 Å². The summed E-state index contributed by atoms with van der Waals surface area (Å²) in [5.74, 6) is -0.499. The van der Waals surface area contributed by atoms with E-state index in [2.05, 4.69) is 0 Å². The Hall–Kier alpha value is -2.28. The van der Waals surface area contributed by atoms with Crippen molar-refractivity contribution >= 4 is 12.0 Å². The molecule has 4 nitrogen and oxygen atoms in total. The smallest absolute Gasteiger partial charge is 0.328 e. The number of nitrogens with zero attached hydrogens (tertiary/aromatic N) is 1. The SMILES string of the molecule is COc1c(/C=C/C(=O)O)ccc(C#N)c1C. The maximum Gasteiger partial charge on any atom is 0.328 e. The van der Waals surface area contributed by atoms with Gasteiger partial charge in [-0.05, 0) is 25.1 Å². The Morgan fingerprint density at radius 3 is 2.75 bits per heavy atom. The summed E-state index contributed by atoms with van der Waals surface area (Å²) in [6, 6.07) is 5.34. The normalized spacial score (nSPS) is 10.1. The van der Waals surface area contributed by atoms with Crippen LogP contribution in [0.4, 0.5) is 0 Å². The Labute approximate surface area is 93.4 Å². The fourth-order valence-electron chi connectivity index (χ4n) is 1.40. The van der Waals surface area contributed by atoms with Crippen molar-refractivity contribution in [1.82, 2.24) is 0 Å². The Morgan fingerprint density at radius 2 is 2.25 bits per heavy atom. The molecule has 0 saturated heterocycles. The number of rotatable bonds is 3. The van der Waals surface area contributed by atoms with E-state index < -0.39 is 5.97 Å².